The monoisotopic (exact) mass is 453 g/mol. The highest BCUT2D eigenvalue weighted by Gasteiger charge is 2.43. The molecule has 2 N–H and O–H groups in total. The number of rotatable bonds is 6. The summed E-state index contributed by atoms with van der Waals surface area (Å²) < 4.78 is 10.7. The number of amides is 3. The van der Waals surface area contributed by atoms with Crippen molar-refractivity contribution in [2.24, 2.45) is 0 Å². The lowest BCUT2D eigenvalue weighted by atomic mass is 10.0. The van der Waals surface area contributed by atoms with Gasteiger partial charge in [0, 0.05) is 11.8 Å². The molecule has 33 heavy (non-hydrogen) atoms. The van der Waals surface area contributed by atoms with Gasteiger partial charge in [0.25, 0.3) is 0 Å². The summed E-state index contributed by atoms with van der Waals surface area (Å²) in [6.45, 7) is 5.14. The standard InChI is InChI=1S/C25H31N3O5/c1-25(2,3)33-23(30)21-14-13-20(17-9-6-5-7-10-17)28(21)22(29)16-26-24(31)27-18-11-8-12-19(15-18)32-4/h5-12,15,20-21H,13-14,16H2,1-4H3,(H2,26,27,31). The van der Waals surface area contributed by atoms with Gasteiger partial charge in [-0.3, -0.25) is 4.79 Å². The molecule has 0 aromatic heterocycles. The molecule has 3 amide bonds. The van der Waals surface area contributed by atoms with Gasteiger partial charge < -0.3 is 25.0 Å². The summed E-state index contributed by atoms with van der Waals surface area (Å²) in [7, 11) is 1.54. The molecule has 2 aromatic rings. The molecule has 1 aliphatic rings. The fourth-order valence-corrected chi connectivity index (χ4v) is 3.89. The molecule has 0 radical (unpaired) electrons. The first-order valence-corrected chi connectivity index (χ1v) is 11.0. The number of ether oxygens (including phenoxy) is 2. The average molecular weight is 454 g/mol. The smallest absolute Gasteiger partial charge is 0.329 e. The Morgan fingerprint density at radius 1 is 1.03 bits per heavy atom. The molecule has 1 fully saturated rings. The summed E-state index contributed by atoms with van der Waals surface area (Å²) in [5.74, 6) is -0.181. The molecule has 2 aromatic carbocycles. The lowest BCUT2D eigenvalue weighted by Gasteiger charge is -2.31. The van der Waals surface area contributed by atoms with Gasteiger partial charge in [-0.25, -0.2) is 9.59 Å². The number of methoxy groups -OCH3 is 1. The first kappa shape index (κ1) is 24.1. The molecule has 3 rings (SSSR count). The van der Waals surface area contributed by atoms with E-state index >= 15 is 0 Å². The Bertz CT molecular complexity index is 987. The zero-order chi connectivity index (χ0) is 24.0. The molecule has 176 valence electrons. The van der Waals surface area contributed by atoms with Crippen molar-refractivity contribution >= 4 is 23.6 Å². The molecule has 0 bridgehead atoms. The molecule has 8 heteroatoms. The van der Waals surface area contributed by atoms with Crippen molar-refractivity contribution in [3.05, 3.63) is 60.2 Å². The van der Waals surface area contributed by atoms with Gasteiger partial charge in [-0.2, -0.15) is 0 Å². The fraction of sp³-hybridized carbons (Fsp3) is 0.400. The minimum atomic E-state index is -0.704. The number of nitrogens with zero attached hydrogens (tertiary/aromatic N) is 1. The van der Waals surface area contributed by atoms with Gasteiger partial charge in [-0.1, -0.05) is 36.4 Å². The Morgan fingerprint density at radius 3 is 2.42 bits per heavy atom. The number of carbonyl (C=O) groups excluding carboxylic acids is 3. The largest absolute Gasteiger partial charge is 0.497 e. The van der Waals surface area contributed by atoms with Crippen LogP contribution in [0.15, 0.2) is 54.6 Å². The van der Waals surface area contributed by atoms with Crippen molar-refractivity contribution in [3.8, 4) is 5.75 Å². The van der Waals surface area contributed by atoms with Gasteiger partial charge in [0.1, 0.15) is 17.4 Å². The van der Waals surface area contributed by atoms with Crippen LogP contribution in [-0.2, 0) is 14.3 Å². The highest BCUT2D eigenvalue weighted by Crippen LogP contribution is 2.37. The van der Waals surface area contributed by atoms with Crippen molar-refractivity contribution in [1.82, 2.24) is 10.2 Å². The molecule has 0 spiro atoms. The van der Waals surface area contributed by atoms with E-state index in [2.05, 4.69) is 10.6 Å². The van der Waals surface area contributed by atoms with Gasteiger partial charge in [0.2, 0.25) is 5.91 Å². The van der Waals surface area contributed by atoms with Gasteiger partial charge in [0.15, 0.2) is 0 Å². The van der Waals surface area contributed by atoms with Crippen molar-refractivity contribution < 1.29 is 23.9 Å². The van der Waals surface area contributed by atoms with E-state index in [9.17, 15) is 14.4 Å². The van der Waals surface area contributed by atoms with Crippen LogP contribution in [0.3, 0.4) is 0 Å². The lowest BCUT2D eigenvalue weighted by Crippen LogP contribution is -2.48. The summed E-state index contributed by atoms with van der Waals surface area (Å²) in [5.41, 5.74) is 0.818. The molecule has 8 nitrogen and oxygen atoms in total. The van der Waals surface area contributed by atoms with E-state index in [0.717, 1.165) is 5.56 Å². The summed E-state index contributed by atoms with van der Waals surface area (Å²) in [5, 5.41) is 5.27. The molecule has 2 unspecified atom stereocenters. The van der Waals surface area contributed by atoms with Crippen molar-refractivity contribution in [3.63, 3.8) is 0 Å². The van der Waals surface area contributed by atoms with Crippen LogP contribution in [0.5, 0.6) is 5.75 Å². The second-order valence-corrected chi connectivity index (χ2v) is 8.89. The number of benzene rings is 2. The SMILES string of the molecule is COc1cccc(NC(=O)NCC(=O)N2C(C(=O)OC(C)(C)C)CCC2c2ccccc2)c1. The molecule has 0 aliphatic carbocycles. The number of hydrogen-bond donors (Lipinski definition) is 2. The van der Waals surface area contributed by atoms with Crippen LogP contribution in [0.2, 0.25) is 0 Å². The van der Waals surface area contributed by atoms with Crippen LogP contribution in [0, 0.1) is 0 Å². The van der Waals surface area contributed by atoms with Crippen LogP contribution in [-0.4, -0.2) is 48.1 Å². The number of carbonyl (C=O) groups is 3. The Labute approximate surface area is 194 Å². The lowest BCUT2D eigenvalue weighted by molar-refractivity contribution is -0.164. The number of nitrogens with one attached hydrogen (secondary N) is 2. The second kappa shape index (κ2) is 10.4. The van der Waals surface area contributed by atoms with E-state index in [1.54, 1.807) is 49.9 Å². The Hall–Kier alpha value is -3.55. The number of esters is 1. The van der Waals surface area contributed by atoms with Gasteiger partial charge in [-0.15, -0.1) is 0 Å². The molecule has 1 saturated heterocycles. The molecular weight excluding hydrogens is 422 g/mol. The summed E-state index contributed by atoms with van der Waals surface area (Å²) in [6, 6.07) is 15.0. The van der Waals surface area contributed by atoms with Crippen LogP contribution in [0.25, 0.3) is 0 Å². The maximum atomic E-state index is 13.2. The first-order valence-electron chi connectivity index (χ1n) is 11.0. The van der Waals surface area contributed by atoms with E-state index in [-0.39, 0.29) is 18.5 Å². The first-order chi connectivity index (χ1) is 15.7. The van der Waals surface area contributed by atoms with Crippen molar-refractivity contribution in [2.75, 3.05) is 19.0 Å². The zero-order valence-electron chi connectivity index (χ0n) is 19.5. The summed E-state index contributed by atoms with van der Waals surface area (Å²) >= 11 is 0. The van der Waals surface area contributed by atoms with E-state index in [4.69, 9.17) is 9.47 Å². The second-order valence-electron chi connectivity index (χ2n) is 8.89. The van der Waals surface area contributed by atoms with Gasteiger partial charge in [0.05, 0.1) is 19.7 Å². The van der Waals surface area contributed by atoms with E-state index in [1.807, 2.05) is 30.3 Å². The van der Waals surface area contributed by atoms with Gasteiger partial charge >= 0.3 is 12.0 Å². The van der Waals surface area contributed by atoms with Crippen LogP contribution < -0.4 is 15.4 Å². The van der Waals surface area contributed by atoms with E-state index in [1.165, 1.54) is 7.11 Å². The molecule has 1 heterocycles. The number of urea groups is 1. The maximum Gasteiger partial charge on any atom is 0.329 e. The van der Waals surface area contributed by atoms with Crippen molar-refractivity contribution in [2.45, 2.75) is 51.3 Å². The average Bonchev–Trinajstić information content (AvgIpc) is 3.22. The number of hydrogen-bond acceptors (Lipinski definition) is 5. The normalized spacial score (nSPS) is 17.9. The van der Waals surface area contributed by atoms with Crippen LogP contribution >= 0.6 is 0 Å². The highest BCUT2D eigenvalue weighted by molar-refractivity contribution is 5.93. The predicted molar refractivity (Wildman–Crippen MR) is 125 cm³/mol. The zero-order valence-corrected chi connectivity index (χ0v) is 19.5. The van der Waals surface area contributed by atoms with E-state index < -0.39 is 23.6 Å². The Morgan fingerprint density at radius 2 is 1.76 bits per heavy atom. The third-order valence-corrected chi connectivity index (χ3v) is 5.26. The minimum Gasteiger partial charge on any atom is -0.497 e. The quantitative estimate of drug-likeness (QED) is 0.647. The molecule has 1 aliphatic heterocycles. The Balaban J connectivity index is 1.70. The summed E-state index contributed by atoms with van der Waals surface area (Å²) in [4.78, 5) is 40.0. The topological polar surface area (TPSA) is 97.0 Å². The molecule has 0 saturated carbocycles. The number of likely N-dealkylation sites (tertiary alicyclic amines) is 1. The minimum absolute atomic E-state index is 0.252. The highest BCUT2D eigenvalue weighted by atomic mass is 16.6. The van der Waals surface area contributed by atoms with E-state index in [0.29, 0.717) is 24.3 Å². The van der Waals surface area contributed by atoms with Gasteiger partial charge in [-0.05, 0) is 51.3 Å². The third-order valence-electron chi connectivity index (χ3n) is 5.26. The molecule has 2 atom stereocenters. The van der Waals surface area contributed by atoms with Crippen LogP contribution in [0.1, 0.15) is 45.2 Å². The third kappa shape index (κ3) is 6.47. The van der Waals surface area contributed by atoms with Crippen LogP contribution in [0.4, 0.5) is 10.5 Å². The number of anilines is 1. The summed E-state index contributed by atoms with van der Waals surface area (Å²) in [6.07, 6.45) is 1.13. The fourth-order valence-electron chi connectivity index (χ4n) is 3.89. The predicted octanol–water partition coefficient (Wildman–Crippen LogP) is 3.89. The molecular formula is C25H31N3O5. The maximum absolute atomic E-state index is 13.2. The van der Waals surface area contributed by atoms with Crippen molar-refractivity contribution in [1.29, 1.82) is 0 Å². The Kier molecular flexibility index (Phi) is 7.58.